The molecule has 0 aromatic heterocycles. The maximum Gasteiger partial charge on any atom is 0.317 e. The highest BCUT2D eigenvalue weighted by molar-refractivity contribution is 5.74. The normalized spacial score (nSPS) is 16.7. The highest BCUT2D eigenvalue weighted by Gasteiger charge is 2.22. The summed E-state index contributed by atoms with van der Waals surface area (Å²) in [6.07, 6.45) is 0. The molecule has 3 rings (SSSR count). The quantitative estimate of drug-likeness (QED) is 0.854. The average Bonchev–Trinajstić information content (AvgIpc) is 2.70. The molecule has 1 fully saturated rings. The standard InChI is InChI=1S/C22H30N4O/c1-24-13-15-26(16-14-24)18-21(20-11-7-4-8-12-20)23-22(27)25(2)17-19-9-5-3-6-10-19/h3-12,21H,13-18H2,1-2H3,(H,23,27). The summed E-state index contributed by atoms with van der Waals surface area (Å²) in [5.41, 5.74) is 2.28. The lowest BCUT2D eigenvalue weighted by molar-refractivity contribution is 0.140. The number of rotatable bonds is 6. The molecule has 2 amide bonds. The minimum Gasteiger partial charge on any atom is -0.330 e. The first-order valence-electron chi connectivity index (χ1n) is 9.63. The molecule has 2 aromatic rings. The molecule has 0 aliphatic carbocycles. The molecule has 0 saturated carbocycles. The Hall–Kier alpha value is -2.37. The van der Waals surface area contributed by atoms with E-state index in [0.29, 0.717) is 6.54 Å². The van der Waals surface area contributed by atoms with Gasteiger partial charge in [0.15, 0.2) is 0 Å². The first kappa shape index (κ1) is 19.4. The zero-order valence-electron chi connectivity index (χ0n) is 16.3. The number of hydrogen-bond acceptors (Lipinski definition) is 3. The second-order valence-corrected chi connectivity index (χ2v) is 7.36. The van der Waals surface area contributed by atoms with Crippen molar-refractivity contribution in [2.45, 2.75) is 12.6 Å². The van der Waals surface area contributed by atoms with Crippen LogP contribution in [-0.4, -0.2) is 67.5 Å². The van der Waals surface area contributed by atoms with E-state index in [2.05, 4.69) is 34.3 Å². The van der Waals surface area contributed by atoms with E-state index in [1.54, 1.807) is 4.90 Å². The Morgan fingerprint density at radius 1 is 1.00 bits per heavy atom. The molecule has 0 spiro atoms. The Kier molecular flexibility index (Phi) is 6.85. The van der Waals surface area contributed by atoms with Crippen LogP contribution in [0.3, 0.4) is 0 Å². The van der Waals surface area contributed by atoms with Crippen LogP contribution in [-0.2, 0) is 6.54 Å². The van der Waals surface area contributed by atoms with Gasteiger partial charge in [0.2, 0.25) is 0 Å². The maximum absolute atomic E-state index is 12.8. The first-order valence-corrected chi connectivity index (χ1v) is 9.63. The maximum atomic E-state index is 12.8. The molecular weight excluding hydrogens is 336 g/mol. The van der Waals surface area contributed by atoms with Crippen molar-refractivity contribution in [1.29, 1.82) is 0 Å². The number of nitrogens with one attached hydrogen (secondary N) is 1. The number of hydrogen-bond donors (Lipinski definition) is 1. The van der Waals surface area contributed by atoms with Crippen LogP contribution in [0.15, 0.2) is 60.7 Å². The Labute approximate surface area is 162 Å². The Balaban J connectivity index is 1.64. The summed E-state index contributed by atoms with van der Waals surface area (Å²) >= 11 is 0. The van der Waals surface area contributed by atoms with E-state index in [1.165, 1.54) is 0 Å². The summed E-state index contributed by atoms with van der Waals surface area (Å²) in [4.78, 5) is 19.3. The SMILES string of the molecule is CN1CCN(CC(NC(=O)N(C)Cc2ccccc2)c2ccccc2)CC1. The van der Waals surface area contributed by atoms with Gasteiger partial charge in [-0.15, -0.1) is 0 Å². The Morgan fingerprint density at radius 3 is 2.22 bits per heavy atom. The van der Waals surface area contributed by atoms with Crippen LogP contribution in [0.25, 0.3) is 0 Å². The summed E-state index contributed by atoms with van der Waals surface area (Å²) < 4.78 is 0. The fourth-order valence-electron chi connectivity index (χ4n) is 3.40. The highest BCUT2D eigenvalue weighted by Crippen LogP contribution is 2.16. The van der Waals surface area contributed by atoms with Gasteiger partial charge in [-0.2, -0.15) is 0 Å². The number of benzene rings is 2. The summed E-state index contributed by atoms with van der Waals surface area (Å²) in [7, 11) is 4.01. The van der Waals surface area contributed by atoms with Crippen LogP contribution >= 0.6 is 0 Å². The summed E-state index contributed by atoms with van der Waals surface area (Å²) in [6.45, 7) is 5.66. The molecule has 0 bridgehead atoms. The van der Waals surface area contributed by atoms with Crippen LogP contribution in [0.4, 0.5) is 4.79 Å². The van der Waals surface area contributed by atoms with E-state index < -0.39 is 0 Å². The number of urea groups is 1. The second-order valence-electron chi connectivity index (χ2n) is 7.36. The molecule has 0 radical (unpaired) electrons. The minimum atomic E-state index is -0.0400. The molecule has 144 valence electrons. The van der Waals surface area contributed by atoms with Crippen molar-refractivity contribution < 1.29 is 4.79 Å². The van der Waals surface area contributed by atoms with Crippen molar-refractivity contribution in [3.63, 3.8) is 0 Å². The fraction of sp³-hybridized carbons (Fsp3) is 0.409. The third-order valence-electron chi connectivity index (χ3n) is 5.15. The van der Waals surface area contributed by atoms with Gasteiger partial charge in [0.25, 0.3) is 0 Å². The van der Waals surface area contributed by atoms with E-state index >= 15 is 0 Å². The molecule has 1 aliphatic heterocycles. The Morgan fingerprint density at radius 2 is 1.59 bits per heavy atom. The van der Waals surface area contributed by atoms with Crippen LogP contribution in [0, 0.1) is 0 Å². The van der Waals surface area contributed by atoms with Crippen molar-refractivity contribution in [3.05, 3.63) is 71.8 Å². The number of piperazine rings is 1. The van der Waals surface area contributed by atoms with Gasteiger partial charge in [-0.05, 0) is 18.2 Å². The molecule has 1 unspecified atom stereocenters. The zero-order valence-corrected chi connectivity index (χ0v) is 16.3. The molecule has 2 aromatic carbocycles. The predicted molar refractivity (Wildman–Crippen MR) is 110 cm³/mol. The fourth-order valence-corrected chi connectivity index (χ4v) is 3.40. The van der Waals surface area contributed by atoms with Crippen molar-refractivity contribution in [2.75, 3.05) is 46.8 Å². The van der Waals surface area contributed by atoms with Crippen LogP contribution in [0.1, 0.15) is 17.2 Å². The van der Waals surface area contributed by atoms with Crippen LogP contribution < -0.4 is 5.32 Å². The van der Waals surface area contributed by atoms with E-state index in [0.717, 1.165) is 43.9 Å². The second kappa shape index (κ2) is 9.53. The van der Waals surface area contributed by atoms with Gasteiger partial charge < -0.3 is 15.1 Å². The van der Waals surface area contributed by atoms with Gasteiger partial charge >= 0.3 is 6.03 Å². The molecular formula is C22H30N4O. The molecule has 1 N–H and O–H groups in total. The highest BCUT2D eigenvalue weighted by atomic mass is 16.2. The van der Waals surface area contributed by atoms with Crippen molar-refractivity contribution in [2.24, 2.45) is 0 Å². The van der Waals surface area contributed by atoms with E-state index in [4.69, 9.17) is 0 Å². The number of carbonyl (C=O) groups is 1. The number of nitrogens with zero attached hydrogens (tertiary/aromatic N) is 3. The molecule has 5 heteroatoms. The first-order chi connectivity index (χ1) is 13.1. The summed E-state index contributed by atoms with van der Waals surface area (Å²) in [5.74, 6) is 0. The van der Waals surface area contributed by atoms with Crippen LogP contribution in [0.2, 0.25) is 0 Å². The largest absolute Gasteiger partial charge is 0.330 e. The minimum absolute atomic E-state index is 0.0136. The molecule has 1 heterocycles. The van der Waals surface area contributed by atoms with Gasteiger partial charge in [0.05, 0.1) is 6.04 Å². The van der Waals surface area contributed by atoms with Crippen molar-refractivity contribution >= 4 is 6.03 Å². The number of amides is 2. The Bertz CT molecular complexity index is 699. The lowest BCUT2D eigenvalue weighted by atomic mass is 10.1. The number of likely N-dealkylation sites (N-methyl/N-ethyl adjacent to an activating group) is 1. The van der Waals surface area contributed by atoms with E-state index in [-0.39, 0.29) is 12.1 Å². The lowest BCUT2D eigenvalue weighted by Crippen LogP contribution is -2.49. The zero-order chi connectivity index (χ0) is 19.1. The topological polar surface area (TPSA) is 38.8 Å². The van der Waals surface area contributed by atoms with E-state index in [9.17, 15) is 4.79 Å². The van der Waals surface area contributed by atoms with Gasteiger partial charge in [0.1, 0.15) is 0 Å². The molecule has 5 nitrogen and oxygen atoms in total. The van der Waals surface area contributed by atoms with Crippen molar-refractivity contribution in [1.82, 2.24) is 20.0 Å². The third-order valence-corrected chi connectivity index (χ3v) is 5.15. The molecule has 1 aliphatic rings. The smallest absolute Gasteiger partial charge is 0.317 e. The average molecular weight is 367 g/mol. The molecule has 1 atom stereocenters. The van der Waals surface area contributed by atoms with E-state index in [1.807, 2.05) is 55.6 Å². The number of carbonyl (C=O) groups excluding carboxylic acids is 1. The van der Waals surface area contributed by atoms with Crippen molar-refractivity contribution in [3.8, 4) is 0 Å². The van der Waals surface area contributed by atoms with Gasteiger partial charge in [-0.3, -0.25) is 4.90 Å². The molecule has 1 saturated heterocycles. The molecule has 27 heavy (non-hydrogen) atoms. The predicted octanol–water partition coefficient (Wildman–Crippen LogP) is 2.82. The third kappa shape index (κ3) is 5.81. The van der Waals surface area contributed by atoms with Crippen LogP contribution in [0.5, 0.6) is 0 Å². The van der Waals surface area contributed by atoms with Gasteiger partial charge in [-0.1, -0.05) is 60.7 Å². The van der Waals surface area contributed by atoms with Gasteiger partial charge in [-0.25, -0.2) is 4.79 Å². The van der Waals surface area contributed by atoms with Gasteiger partial charge in [0, 0.05) is 46.3 Å². The summed E-state index contributed by atoms with van der Waals surface area (Å²) in [5, 5.41) is 3.24. The monoisotopic (exact) mass is 366 g/mol. The lowest BCUT2D eigenvalue weighted by Gasteiger charge is -2.35. The summed E-state index contributed by atoms with van der Waals surface area (Å²) in [6, 6.07) is 20.3.